The monoisotopic (exact) mass is 305 g/mol. The van der Waals surface area contributed by atoms with Crippen LogP contribution in [0.15, 0.2) is 18.2 Å². The fraction of sp³-hybridized carbons (Fsp3) is 0.462. The zero-order chi connectivity index (χ0) is 14.4. The Labute approximate surface area is 122 Å². The van der Waals surface area contributed by atoms with E-state index in [1.807, 2.05) is 0 Å². The largest absolute Gasteiger partial charge is 0.465 e. The summed E-state index contributed by atoms with van der Waals surface area (Å²) in [7, 11) is 0. The van der Waals surface area contributed by atoms with Crippen LogP contribution in [-0.4, -0.2) is 30.3 Å². The summed E-state index contributed by atoms with van der Waals surface area (Å²) >= 11 is 11.8. The number of ether oxygens (including phenoxy) is 1. The Morgan fingerprint density at radius 1 is 1.47 bits per heavy atom. The van der Waals surface area contributed by atoms with E-state index in [1.54, 1.807) is 32.0 Å². The summed E-state index contributed by atoms with van der Waals surface area (Å²) in [5.74, 6) is -0.355. The summed E-state index contributed by atoms with van der Waals surface area (Å²) in [6.45, 7) is 3.92. The summed E-state index contributed by atoms with van der Waals surface area (Å²) in [5.41, 5.74) is 0.526. The summed E-state index contributed by atoms with van der Waals surface area (Å²) in [6, 6.07) is 4.38. The molecule has 6 heteroatoms. The molecule has 0 aliphatic carbocycles. The van der Waals surface area contributed by atoms with Crippen molar-refractivity contribution in [2.75, 3.05) is 13.2 Å². The van der Waals surface area contributed by atoms with Crippen molar-refractivity contribution in [3.8, 4) is 0 Å². The summed E-state index contributed by atoms with van der Waals surface area (Å²) < 4.78 is 4.85. The van der Waals surface area contributed by atoms with E-state index in [0.29, 0.717) is 22.2 Å². The molecule has 0 amide bonds. The molecule has 0 radical (unpaired) electrons. The number of carbonyl (C=O) groups is 1. The van der Waals surface area contributed by atoms with Gasteiger partial charge in [0.15, 0.2) is 0 Å². The second-order valence-electron chi connectivity index (χ2n) is 4.06. The van der Waals surface area contributed by atoms with Crippen LogP contribution in [0.2, 0.25) is 10.0 Å². The van der Waals surface area contributed by atoms with Gasteiger partial charge in [0.1, 0.15) is 6.04 Å². The number of benzene rings is 1. The highest BCUT2D eigenvalue weighted by atomic mass is 35.5. The maximum Gasteiger partial charge on any atom is 0.322 e. The van der Waals surface area contributed by atoms with Crippen LogP contribution in [-0.2, 0) is 9.53 Å². The second kappa shape index (κ2) is 7.70. The van der Waals surface area contributed by atoms with E-state index in [1.165, 1.54) is 0 Å². The molecule has 0 aliphatic heterocycles. The van der Waals surface area contributed by atoms with Gasteiger partial charge in [-0.25, -0.2) is 0 Å². The molecule has 0 bridgehead atoms. The molecular weight excluding hydrogens is 289 g/mol. The highest BCUT2D eigenvalue weighted by Gasteiger charge is 2.17. The summed E-state index contributed by atoms with van der Waals surface area (Å²) in [5, 5.41) is 13.8. The van der Waals surface area contributed by atoms with Crippen LogP contribution >= 0.6 is 23.2 Å². The molecule has 0 spiro atoms. The lowest BCUT2D eigenvalue weighted by Crippen LogP contribution is -2.37. The average Bonchev–Trinajstić information content (AvgIpc) is 2.38. The third-order valence-corrected chi connectivity index (χ3v) is 3.15. The third kappa shape index (κ3) is 4.99. The van der Waals surface area contributed by atoms with Gasteiger partial charge in [-0.3, -0.25) is 4.79 Å². The van der Waals surface area contributed by atoms with Gasteiger partial charge in [0.25, 0.3) is 0 Å². The Morgan fingerprint density at radius 2 is 2.16 bits per heavy atom. The molecule has 4 nitrogen and oxygen atoms in total. The van der Waals surface area contributed by atoms with Crippen molar-refractivity contribution < 1.29 is 14.6 Å². The molecule has 0 fully saturated rings. The number of aliphatic hydroxyl groups is 1. The molecule has 0 saturated carbocycles. The predicted octanol–water partition coefficient (Wildman–Crippen LogP) is 2.57. The molecule has 2 N–H and O–H groups in total. The molecule has 0 saturated heterocycles. The Morgan fingerprint density at radius 3 is 2.79 bits per heavy atom. The maximum absolute atomic E-state index is 11.4. The van der Waals surface area contributed by atoms with Crippen molar-refractivity contribution in [3.63, 3.8) is 0 Å². The average molecular weight is 306 g/mol. The second-order valence-corrected chi connectivity index (χ2v) is 4.91. The van der Waals surface area contributed by atoms with E-state index >= 15 is 0 Å². The normalized spacial score (nSPS) is 13.9. The molecule has 2 unspecified atom stereocenters. The molecular formula is C13H17Cl2NO3. The molecule has 0 aromatic heterocycles. The SMILES string of the molecule is CCOC(=O)C(C)NCC(O)c1cc(Cl)ccc1Cl. The van der Waals surface area contributed by atoms with Gasteiger partial charge >= 0.3 is 5.97 Å². The molecule has 0 heterocycles. The zero-order valence-electron chi connectivity index (χ0n) is 10.8. The summed E-state index contributed by atoms with van der Waals surface area (Å²) in [4.78, 5) is 11.4. The van der Waals surface area contributed by atoms with Crippen molar-refractivity contribution >= 4 is 29.2 Å². The minimum absolute atomic E-state index is 0.181. The Balaban J connectivity index is 2.57. The first-order valence-electron chi connectivity index (χ1n) is 5.98. The van der Waals surface area contributed by atoms with Crippen LogP contribution in [0.4, 0.5) is 0 Å². The zero-order valence-corrected chi connectivity index (χ0v) is 12.3. The van der Waals surface area contributed by atoms with Crippen LogP contribution in [0.3, 0.4) is 0 Å². The number of hydrogen-bond donors (Lipinski definition) is 2. The van der Waals surface area contributed by atoms with Gasteiger partial charge in [-0.2, -0.15) is 0 Å². The van der Waals surface area contributed by atoms with Crippen molar-refractivity contribution in [2.24, 2.45) is 0 Å². The molecule has 1 aromatic carbocycles. The van der Waals surface area contributed by atoms with E-state index in [-0.39, 0.29) is 12.5 Å². The number of esters is 1. The lowest BCUT2D eigenvalue weighted by molar-refractivity contribution is -0.145. The number of rotatable bonds is 6. The fourth-order valence-corrected chi connectivity index (χ4v) is 1.94. The quantitative estimate of drug-likeness (QED) is 0.793. The predicted molar refractivity (Wildman–Crippen MR) is 75.5 cm³/mol. The number of carbonyl (C=O) groups excluding carboxylic acids is 1. The summed E-state index contributed by atoms with van der Waals surface area (Å²) in [6.07, 6.45) is -0.844. The van der Waals surface area contributed by atoms with Gasteiger partial charge in [-0.1, -0.05) is 23.2 Å². The Hall–Kier alpha value is -0.810. The third-order valence-electron chi connectivity index (χ3n) is 2.57. The molecule has 1 aromatic rings. The molecule has 1 rings (SSSR count). The van der Waals surface area contributed by atoms with Crippen LogP contribution in [0.25, 0.3) is 0 Å². The first kappa shape index (κ1) is 16.2. The standard InChI is InChI=1S/C13H17Cl2NO3/c1-3-19-13(18)8(2)16-7-12(17)10-6-9(14)4-5-11(10)15/h4-6,8,12,16-17H,3,7H2,1-2H3. The maximum atomic E-state index is 11.4. The van der Waals surface area contributed by atoms with Crippen molar-refractivity contribution in [3.05, 3.63) is 33.8 Å². The van der Waals surface area contributed by atoms with E-state index in [4.69, 9.17) is 27.9 Å². The van der Waals surface area contributed by atoms with Crippen LogP contribution in [0.1, 0.15) is 25.5 Å². The highest BCUT2D eigenvalue weighted by Crippen LogP contribution is 2.26. The van der Waals surface area contributed by atoms with E-state index < -0.39 is 12.1 Å². The number of hydrogen-bond acceptors (Lipinski definition) is 4. The minimum atomic E-state index is -0.844. The van der Waals surface area contributed by atoms with Crippen LogP contribution < -0.4 is 5.32 Å². The van der Waals surface area contributed by atoms with Gasteiger partial charge in [-0.15, -0.1) is 0 Å². The Kier molecular flexibility index (Phi) is 6.58. The van der Waals surface area contributed by atoms with Gasteiger partial charge in [0.05, 0.1) is 12.7 Å². The van der Waals surface area contributed by atoms with E-state index in [2.05, 4.69) is 5.32 Å². The molecule has 19 heavy (non-hydrogen) atoms. The van der Waals surface area contributed by atoms with Gasteiger partial charge < -0.3 is 15.2 Å². The number of nitrogens with one attached hydrogen (secondary N) is 1. The Bertz CT molecular complexity index is 440. The molecule has 2 atom stereocenters. The van der Waals surface area contributed by atoms with E-state index in [0.717, 1.165) is 0 Å². The number of halogens is 2. The smallest absolute Gasteiger partial charge is 0.322 e. The number of aliphatic hydroxyl groups excluding tert-OH is 1. The first-order valence-corrected chi connectivity index (χ1v) is 6.74. The first-order chi connectivity index (χ1) is 8.95. The van der Waals surface area contributed by atoms with Gasteiger partial charge in [-0.05, 0) is 32.0 Å². The van der Waals surface area contributed by atoms with Crippen molar-refractivity contribution in [1.29, 1.82) is 0 Å². The topological polar surface area (TPSA) is 58.6 Å². The lowest BCUT2D eigenvalue weighted by atomic mass is 10.1. The highest BCUT2D eigenvalue weighted by molar-refractivity contribution is 6.33. The fourth-order valence-electron chi connectivity index (χ4n) is 1.52. The minimum Gasteiger partial charge on any atom is -0.465 e. The van der Waals surface area contributed by atoms with E-state index in [9.17, 15) is 9.90 Å². The molecule has 0 aliphatic rings. The van der Waals surface area contributed by atoms with Crippen molar-refractivity contribution in [2.45, 2.75) is 26.0 Å². The van der Waals surface area contributed by atoms with Crippen molar-refractivity contribution in [1.82, 2.24) is 5.32 Å². The van der Waals surface area contributed by atoms with Gasteiger partial charge in [0, 0.05) is 22.2 Å². The van der Waals surface area contributed by atoms with Gasteiger partial charge in [0.2, 0.25) is 0 Å². The molecule has 106 valence electrons. The lowest BCUT2D eigenvalue weighted by Gasteiger charge is -2.17. The van der Waals surface area contributed by atoms with Crippen LogP contribution in [0, 0.1) is 0 Å². The van der Waals surface area contributed by atoms with Crippen LogP contribution in [0.5, 0.6) is 0 Å².